The third kappa shape index (κ3) is 5.65. The Balaban J connectivity index is 1.91. The van der Waals surface area contributed by atoms with Crippen LogP contribution in [0.2, 0.25) is 0 Å². The number of rotatable bonds is 9. The second-order valence-corrected chi connectivity index (χ2v) is 5.23. The SMILES string of the molecule is CCCCCCCCCCc1n[pH]nc1C. The highest BCUT2D eigenvalue weighted by Crippen LogP contribution is 2.13. The van der Waals surface area contributed by atoms with Crippen LogP contribution >= 0.6 is 8.51 Å². The van der Waals surface area contributed by atoms with E-state index in [1.54, 1.807) is 0 Å². The molecular formula is C13H25N2P. The average molecular weight is 240 g/mol. The summed E-state index contributed by atoms with van der Waals surface area (Å²) in [6.07, 6.45) is 12.2. The lowest BCUT2D eigenvalue weighted by molar-refractivity contribution is 0.574. The van der Waals surface area contributed by atoms with Crippen molar-refractivity contribution in [2.24, 2.45) is 0 Å². The van der Waals surface area contributed by atoms with Crippen LogP contribution < -0.4 is 0 Å². The van der Waals surface area contributed by atoms with E-state index in [4.69, 9.17) is 0 Å². The summed E-state index contributed by atoms with van der Waals surface area (Å²) in [5.41, 5.74) is 2.45. The molecule has 0 aromatic carbocycles. The summed E-state index contributed by atoms with van der Waals surface area (Å²) >= 11 is 0. The van der Waals surface area contributed by atoms with Crippen LogP contribution in [0.3, 0.4) is 0 Å². The van der Waals surface area contributed by atoms with E-state index in [0.717, 1.165) is 6.42 Å². The molecule has 0 aliphatic carbocycles. The molecule has 0 amide bonds. The van der Waals surface area contributed by atoms with Gasteiger partial charge in [0.1, 0.15) is 0 Å². The zero-order valence-electron chi connectivity index (χ0n) is 10.8. The van der Waals surface area contributed by atoms with Gasteiger partial charge in [-0.25, -0.2) is 9.49 Å². The Hall–Kier alpha value is -0.360. The number of aromatic nitrogens is 2. The van der Waals surface area contributed by atoms with Crippen LogP contribution in [0.5, 0.6) is 0 Å². The molecule has 1 heterocycles. The molecule has 92 valence electrons. The number of unbranched alkanes of at least 4 members (excludes halogenated alkanes) is 7. The van der Waals surface area contributed by atoms with Crippen molar-refractivity contribution in [2.45, 2.75) is 71.6 Å². The van der Waals surface area contributed by atoms with Gasteiger partial charge < -0.3 is 0 Å². The van der Waals surface area contributed by atoms with E-state index in [1.165, 1.54) is 62.8 Å². The maximum Gasteiger partial charge on any atom is 0.0675 e. The first-order chi connectivity index (χ1) is 7.84. The Morgan fingerprint density at radius 1 is 0.875 bits per heavy atom. The van der Waals surface area contributed by atoms with Crippen LogP contribution in [-0.2, 0) is 6.42 Å². The summed E-state index contributed by atoms with van der Waals surface area (Å²) in [7, 11) is 0.457. The summed E-state index contributed by atoms with van der Waals surface area (Å²) < 4.78 is 8.72. The van der Waals surface area contributed by atoms with Crippen molar-refractivity contribution >= 4 is 8.51 Å². The van der Waals surface area contributed by atoms with Crippen molar-refractivity contribution in [2.75, 3.05) is 0 Å². The summed E-state index contributed by atoms with van der Waals surface area (Å²) in [6.45, 7) is 4.36. The second kappa shape index (κ2) is 8.75. The predicted octanol–water partition coefficient (Wildman–Crippen LogP) is 4.50. The smallest absolute Gasteiger partial charge is 0.0675 e. The van der Waals surface area contributed by atoms with Crippen molar-refractivity contribution in [3.05, 3.63) is 11.4 Å². The summed E-state index contributed by atoms with van der Waals surface area (Å²) in [6, 6.07) is 0. The van der Waals surface area contributed by atoms with Crippen molar-refractivity contribution in [3.8, 4) is 0 Å². The number of hydrogen-bond donors (Lipinski definition) is 0. The summed E-state index contributed by atoms with van der Waals surface area (Å²) in [5, 5.41) is 0. The summed E-state index contributed by atoms with van der Waals surface area (Å²) in [5.74, 6) is 0. The van der Waals surface area contributed by atoms with Gasteiger partial charge in [-0.05, 0) is 19.8 Å². The molecule has 3 heteroatoms. The van der Waals surface area contributed by atoms with E-state index in [0.29, 0.717) is 8.51 Å². The van der Waals surface area contributed by atoms with Gasteiger partial charge in [0.2, 0.25) is 0 Å². The van der Waals surface area contributed by atoms with Crippen LogP contribution in [0.25, 0.3) is 0 Å². The Morgan fingerprint density at radius 3 is 2.06 bits per heavy atom. The fourth-order valence-corrected chi connectivity index (χ4v) is 2.69. The highest BCUT2D eigenvalue weighted by molar-refractivity contribution is 7.20. The third-order valence-electron chi connectivity index (χ3n) is 3.09. The van der Waals surface area contributed by atoms with E-state index in [9.17, 15) is 0 Å². The van der Waals surface area contributed by atoms with Gasteiger partial charge in [0, 0.05) is 0 Å². The largest absolute Gasteiger partial charge is 0.225 e. The fourth-order valence-electron chi connectivity index (χ4n) is 1.97. The fraction of sp³-hybridized carbons (Fsp3) is 0.846. The molecule has 1 aromatic heterocycles. The van der Waals surface area contributed by atoms with Gasteiger partial charge in [0.15, 0.2) is 0 Å². The van der Waals surface area contributed by atoms with Gasteiger partial charge in [0.25, 0.3) is 0 Å². The minimum absolute atomic E-state index is 0.457. The van der Waals surface area contributed by atoms with Gasteiger partial charge in [0.05, 0.1) is 19.9 Å². The van der Waals surface area contributed by atoms with Gasteiger partial charge >= 0.3 is 0 Å². The molecule has 0 aliphatic rings. The zero-order valence-corrected chi connectivity index (χ0v) is 11.8. The molecule has 1 aromatic rings. The van der Waals surface area contributed by atoms with E-state index in [1.807, 2.05) is 0 Å². The molecule has 1 rings (SSSR count). The third-order valence-corrected chi connectivity index (χ3v) is 3.89. The lowest BCUT2D eigenvalue weighted by Gasteiger charge is -2.01. The van der Waals surface area contributed by atoms with Gasteiger partial charge in [-0.2, -0.15) is 0 Å². The number of aryl methyl sites for hydroxylation is 2. The maximum atomic E-state index is 4.42. The minimum Gasteiger partial charge on any atom is -0.225 e. The topological polar surface area (TPSA) is 25.8 Å². The van der Waals surface area contributed by atoms with Gasteiger partial charge in [-0.15, -0.1) is 0 Å². The van der Waals surface area contributed by atoms with Gasteiger partial charge in [-0.3, -0.25) is 0 Å². The maximum absolute atomic E-state index is 4.42. The van der Waals surface area contributed by atoms with E-state index in [-0.39, 0.29) is 0 Å². The first-order valence-electron chi connectivity index (χ1n) is 6.71. The Morgan fingerprint density at radius 2 is 1.50 bits per heavy atom. The molecule has 1 unspecified atom stereocenters. The Kier molecular flexibility index (Phi) is 7.50. The number of hydrogen-bond acceptors (Lipinski definition) is 2. The van der Waals surface area contributed by atoms with Crippen LogP contribution in [0.1, 0.15) is 69.7 Å². The lowest BCUT2D eigenvalue weighted by atomic mass is 10.1. The van der Waals surface area contributed by atoms with E-state index in [2.05, 4.69) is 23.3 Å². The van der Waals surface area contributed by atoms with Crippen molar-refractivity contribution in [1.29, 1.82) is 0 Å². The highest BCUT2D eigenvalue weighted by atomic mass is 31.1. The molecule has 1 atom stereocenters. The first kappa shape index (κ1) is 13.7. The van der Waals surface area contributed by atoms with E-state index < -0.39 is 0 Å². The summed E-state index contributed by atoms with van der Waals surface area (Å²) in [4.78, 5) is 0. The van der Waals surface area contributed by atoms with Crippen molar-refractivity contribution < 1.29 is 0 Å². The van der Waals surface area contributed by atoms with Crippen molar-refractivity contribution in [3.63, 3.8) is 0 Å². The van der Waals surface area contributed by atoms with Crippen LogP contribution in [0, 0.1) is 6.92 Å². The molecular weight excluding hydrogens is 215 g/mol. The predicted molar refractivity (Wildman–Crippen MR) is 72.6 cm³/mol. The average Bonchev–Trinajstić information content (AvgIpc) is 2.68. The van der Waals surface area contributed by atoms with E-state index >= 15 is 0 Å². The molecule has 0 saturated heterocycles. The second-order valence-electron chi connectivity index (χ2n) is 4.58. The molecule has 0 fully saturated rings. The monoisotopic (exact) mass is 240 g/mol. The van der Waals surface area contributed by atoms with Gasteiger partial charge in [-0.1, -0.05) is 51.9 Å². The van der Waals surface area contributed by atoms with Crippen molar-refractivity contribution in [1.82, 2.24) is 9.49 Å². The molecule has 0 spiro atoms. The molecule has 0 bridgehead atoms. The molecule has 16 heavy (non-hydrogen) atoms. The minimum atomic E-state index is 0.457. The standard InChI is InChI=1S/C13H25N2P/c1-3-4-5-6-7-8-9-10-11-13-12(2)14-16-15-13/h16H,3-11H2,1-2H3. The lowest BCUT2D eigenvalue weighted by Crippen LogP contribution is -1.89. The molecule has 0 radical (unpaired) electrons. The molecule has 2 nitrogen and oxygen atoms in total. The zero-order chi connectivity index (χ0) is 11.6. The molecule has 0 saturated carbocycles. The Labute approximate surface area is 101 Å². The first-order valence-corrected chi connectivity index (χ1v) is 7.60. The normalized spacial score (nSPS) is 11.4. The van der Waals surface area contributed by atoms with Crippen LogP contribution in [0.4, 0.5) is 0 Å². The van der Waals surface area contributed by atoms with Crippen LogP contribution in [-0.4, -0.2) is 9.49 Å². The Bertz CT molecular complexity index is 271. The molecule has 0 N–H and O–H groups in total. The highest BCUT2D eigenvalue weighted by Gasteiger charge is 2.00. The quantitative estimate of drug-likeness (QED) is 0.594. The number of nitrogens with zero attached hydrogens (tertiary/aromatic N) is 2. The molecule has 0 aliphatic heterocycles. The van der Waals surface area contributed by atoms with Crippen LogP contribution in [0.15, 0.2) is 0 Å².